The van der Waals surface area contributed by atoms with Crippen molar-refractivity contribution >= 4 is 33.1 Å². The molecule has 112 valence electrons. The van der Waals surface area contributed by atoms with Crippen LogP contribution in [0.4, 0.5) is 0 Å². The Kier molecular flexibility index (Phi) is 4.16. The highest BCUT2D eigenvalue weighted by Gasteiger charge is 2.42. The van der Waals surface area contributed by atoms with Crippen molar-refractivity contribution in [1.29, 1.82) is 0 Å². The summed E-state index contributed by atoms with van der Waals surface area (Å²) < 4.78 is 27.9. The maximum Gasteiger partial charge on any atom is 0.250 e. The summed E-state index contributed by atoms with van der Waals surface area (Å²) in [4.78, 5) is 0. The zero-order valence-electron chi connectivity index (χ0n) is 11.5. The number of sulfonamides is 1. The van der Waals surface area contributed by atoms with Crippen LogP contribution in [0.1, 0.15) is 31.2 Å². The van der Waals surface area contributed by atoms with Gasteiger partial charge < -0.3 is 5.32 Å². The van der Waals surface area contributed by atoms with Gasteiger partial charge in [-0.1, -0.05) is 0 Å². The number of nitrogens with one attached hydrogen (secondary N) is 2. The van der Waals surface area contributed by atoms with Gasteiger partial charge in [0, 0.05) is 23.9 Å². The van der Waals surface area contributed by atoms with E-state index in [-0.39, 0.29) is 4.75 Å². The first kappa shape index (κ1) is 14.8. The maximum absolute atomic E-state index is 12.3. The molecule has 0 amide bonds. The zero-order chi connectivity index (χ0) is 14.2. The molecule has 0 radical (unpaired) electrons. The molecule has 0 atom stereocenters. The second-order valence-corrected chi connectivity index (χ2v) is 9.82. The van der Waals surface area contributed by atoms with Gasteiger partial charge in [0.05, 0.1) is 0 Å². The Morgan fingerprint density at radius 2 is 2.20 bits per heavy atom. The second-order valence-electron chi connectivity index (χ2n) is 5.64. The molecule has 4 nitrogen and oxygen atoms in total. The number of rotatable bonds is 8. The summed E-state index contributed by atoms with van der Waals surface area (Å²) in [5.74, 6) is 0. The Hall–Kier alpha value is -0.0800. The van der Waals surface area contributed by atoms with Crippen molar-refractivity contribution < 1.29 is 8.42 Å². The van der Waals surface area contributed by atoms with Crippen LogP contribution in [-0.4, -0.2) is 32.0 Å². The molecule has 0 saturated heterocycles. The third-order valence-electron chi connectivity index (χ3n) is 3.89. The van der Waals surface area contributed by atoms with Crippen molar-refractivity contribution in [3.63, 3.8) is 0 Å². The summed E-state index contributed by atoms with van der Waals surface area (Å²) in [6.07, 6.45) is 6.75. The van der Waals surface area contributed by atoms with Gasteiger partial charge in [0.2, 0.25) is 10.0 Å². The summed E-state index contributed by atoms with van der Waals surface area (Å²) in [5, 5.41) is 5.34. The zero-order valence-corrected chi connectivity index (χ0v) is 14.0. The molecule has 0 unspecified atom stereocenters. The van der Waals surface area contributed by atoms with Gasteiger partial charge in [-0.25, -0.2) is 13.1 Å². The smallest absolute Gasteiger partial charge is 0.250 e. The minimum absolute atomic E-state index is 0.153. The average Bonchev–Trinajstić information content (AvgIpc) is 3.35. The van der Waals surface area contributed by atoms with Crippen LogP contribution in [0.3, 0.4) is 0 Å². The van der Waals surface area contributed by atoms with E-state index in [4.69, 9.17) is 0 Å². The second kappa shape index (κ2) is 5.61. The normalized spacial score (nSPS) is 21.1. The summed E-state index contributed by atoms with van der Waals surface area (Å²) >= 11 is 3.07. The molecule has 1 aromatic rings. The van der Waals surface area contributed by atoms with Crippen LogP contribution >= 0.6 is 23.1 Å². The van der Waals surface area contributed by atoms with Crippen molar-refractivity contribution in [2.75, 3.05) is 12.8 Å². The minimum Gasteiger partial charge on any atom is -0.310 e. The summed E-state index contributed by atoms with van der Waals surface area (Å²) in [5.41, 5.74) is 1.06. The first-order chi connectivity index (χ1) is 9.53. The standard InChI is InChI=1S/C13H20N2O2S3/c1-18-13(4-5-13)9-15-20(16,17)12-6-10(8-19-12)7-14-11-2-3-11/h6,8,11,14-15H,2-5,7,9H2,1H3. The molecule has 1 heterocycles. The fourth-order valence-electron chi connectivity index (χ4n) is 2.03. The maximum atomic E-state index is 12.3. The molecule has 0 bridgehead atoms. The molecule has 2 aliphatic rings. The van der Waals surface area contributed by atoms with Crippen molar-refractivity contribution in [2.24, 2.45) is 0 Å². The third kappa shape index (κ3) is 3.57. The highest BCUT2D eigenvalue weighted by molar-refractivity contribution is 8.00. The van der Waals surface area contributed by atoms with E-state index in [0.717, 1.165) is 24.9 Å². The van der Waals surface area contributed by atoms with Crippen LogP contribution in [0.5, 0.6) is 0 Å². The molecule has 3 rings (SSSR count). The summed E-state index contributed by atoms with van der Waals surface area (Å²) in [6.45, 7) is 1.31. The van der Waals surface area contributed by atoms with Crippen LogP contribution in [0.15, 0.2) is 15.7 Å². The van der Waals surface area contributed by atoms with E-state index in [2.05, 4.69) is 10.0 Å². The largest absolute Gasteiger partial charge is 0.310 e. The van der Waals surface area contributed by atoms with Crippen LogP contribution in [-0.2, 0) is 16.6 Å². The van der Waals surface area contributed by atoms with Crippen LogP contribution < -0.4 is 10.0 Å². The molecular formula is C13H20N2O2S3. The summed E-state index contributed by atoms with van der Waals surface area (Å²) in [7, 11) is -3.34. The van der Waals surface area contributed by atoms with Gasteiger partial charge in [0.15, 0.2) is 0 Å². The first-order valence-electron chi connectivity index (χ1n) is 6.89. The van der Waals surface area contributed by atoms with Crippen LogP contribution in [0, 0.1) is 0 Å². The van der Waals surface area contributed by atoms with E-state index in [1.54, 1.807) is 17.8 Å². The van der Waals surface area contributed by atoms with E-state index < -0.39 is 10.0 Å². The van der Waals surface area contributed by atoms with Crippen molar-refractivity contribution in [2.45, 2.75) is 47.2 Å². The molecule has 0 spiro atoms. The number of hydrogen-bond acceptors (Lipinski definition) is 5. The lowest BCUT2D eigenvalue weighted by Crippen LogP contribution is -2.31. The molecule has 0 aliphatic heterocycles. The molecule has 1 aromatic heterocycles. The highest BCUT2D eigenvalue weighted by Crippen LogP contribution is 2.46. The van der Waals surface area contributed by atoms with Crippen molar-refractivity contribution in [1.82, 2.24) is 10.0 Å². The summed E-state index contributed by atoms with van der Waals surface area (Å²) in [6, 6.07) is 2.44. The predicted octanol–water partition coefficient (Wildman–Crippen LogP) is 2.17. The lowest BCUT2D eigenvalue weighted by Gasteiger charge is -2.12. The molecule has 20 heavy (non-hydrogen) atoms. The molecule has 2 saturated carbocycles. The SMILES string of the molecule is CSC1(CNS(=O)(=O)c2cc(CNC3CC3)cs2)CC1. The fourth-order valence-corrected chi connectivity index (χ4v) is 5.23. The van der Waals surface area contributed by atoms with E-state index in [0.29, 0.717) is 16.8 Å². The van der Waals surface area contributed by atoms with Crippen LogP contribution in [0.25, 0.3) is 0 Å². The monoisotopic (exact) mass is 332 g/mol. The van der Waals surface area contributed by atoms with Gasteiger partial charge in [-0.15, -0.1) is 11.3 Å². The Morgan fingerprint density at radius 3 is 2.80 bits per heavy atom. The predicted molar refractivity (Wildman–Crippen MR) is 84.8 cm³/mol. The average molecular weight is 333 g/mol. The van der Waals surface area contributed by atoms with Crippen LogP contribution in [0.2, 0.25) is 0 Å². The van der Waals surface area contributed by atoms with Gasteiger partial charge in [-0.3, -0.25) is 0 Å². The van der Waals surface area contributed by atoms with E-state index in [1.807, 2.05) is 11.6 Å². The van der Waals surface area contributed by atoms with Gasteiger partial charge in [0.1, 0.15) is 4.21 Å². The lowest BCUT2D eigenvalue weighted by atomic mass is 10.3. The Bertz CT molecular complexity index is 574. The van der Waals surface area contributed by atoms with Gasteiger partial charge in [-0.2, -0.15) is 11.8 Å². The van der Waals surface area contributed by atoms with Gasteiger partial charge in [0.25, 0.3) is 0 Å². The Labute approximate surface area is 128 Å². The van der Waals surface area contributed by atoms with E-state index in [1.165, 1.54) is 24.2 Å². The highest BCUT2D eigenvalue weighted by atomic mass is 32.2. The number of hydrogen-bond donors (Lipinski definition) is 2. The molecule has 2 aliphatic carbocycles. The van der Waals surface area contributed by atoms with Gasteiger partial charge in [-0.05, 0) is 48.9 Å². The molecular weight excluding hydrogens is 312 g/mol. The Balaban J connectivity index is 1.58. The number of thiophene rings is 1. The third-order valence-corrected chi connectivity index (χ3v) is 8.20. The van der Waals surface area contributed by atoms with E-state index >= 15 is 0 Å². The van der Waals surface area contributed by atoms with Crippen molar-refractivity contribution in [3.8, 4) is 0 Å². The number of thioether (sulfide) groups is 1. The fraction of sp³-hybridized carbons (Fsp3) is 0.692. The molecule has 2 fully saturated rings. The molecule has 7 heteroatoms. The van der Waals surface area contributed by atoms with Gasteiger partial charge >= 0.3 is 0 Å². The Morgan fingerprint density at radius 1 is 1.45 bits per heavy atom. The van der Waals surface area contributed by atoms with Crippen molar-refractivity contribution in [3.05, 3.63) is 17.0 Å². The lowest BCUT2D eigenvalue weighted by molar-refractivity contribution is 0.581. The molecule has 0 aromatic carbocycles. The quantitative estimate of drug-likeness (QED) is 0.766. The minimum atomic E-state index is -3.34. The first-order valence-corrected chi connectivity index (χ1v) is 10.5. The van der Waals surface area contributed by atoms with E-state index in [9.17, 15) is 8.42 Å². The molecule has 2 N–H and O–H groups in total. The topological polar surface area (TPSA) is 58.2 Å².